The van der Waals surface area contributed by atoms with Gasteiger partial charge in [-0.15, -0.1) is 0 Å². The summed E-state index contributed by atoms with van der Waals surface area (Å²) in [6.07, 6.45) is -0.631. The molecule has 0 atom stereocenters. The molecule has 0 bridgehead atoms. The van der Waals surface area contributed by atoms with Crippen molar-refractivity contribution in [1.29, 1.82) is 10.7 Å². The van der Waals surface area contributed by atoms with E-state index in [1.807, 2.05) is 6.07 Å². The highest BCUT2D eigenvalue weighted by molar-refractivity contribution is 6.31. The molecule has 0 saturated heterocycles. The van der Waals surface area contributed by atoms with E-state index < -0.39 is 22.8 Å². The average molecular weight is 515 g/mol. The predicted molar refractivity (Wildman–Crippen MR) is 130 cm³/mol. The predicted octanol–water partition coefficient (Wildman–Crippen LogP) is 6.27. The maximum Gasteiger partial charge on any atom is 0.417 e. The molecule has 0 aliphatic heterocycles. The molecule has 0 aliphatic carbocycles. The highest BCUT2D eigenvalue weighted by Gasteiger charge is 2.33. The van der Waals surface area contributed by atoms with Crippen molar-refractivity contribution in [3.63, 3.8) is 0 Å². The van der Waals surface area contributed by atoms with Gasteiger partial charge in [-0.05, 0) is 42.5 Å². The van der Waals surface area contributed by atoms with E-state index in [-0.39, 0.29) is 22.7 Å². The number of halogens is 4. The van der Waals surface area contributed by atoms with Crippen molar-refractivity contribution >= 4 is 40.8 Å². The number of rotatable bonds is 7. The van der Waals surface area contributed by atoms with Gasteiger partial charge in [-0.3, -0.25) is 4.98 Å². The molecule has 1 heterocycles. The van der Waals surface area contributed by atoms with Crippen LogP contribution < -0.4 is 20.7 Å². The third-order valence-electron chi connectivity index (χ3n) is 4.62. The van der Waals surface area contributed by atoms with Crippen LogP contribution in [0.5, 0.6) is 11.5 Å². The van der Waals surface area contributed by atoms with Crippen molar-refractivity contribution < 1.29 is 22.7 Å². The van der Waals surface area contributed by atoms with Crippen molar-refractivity contribution in [1.82, 2.24) is 10.3 Å². The maximum absolute atomic E-state index is 13.0. The molecule has 0 unspecified atom stereocenters. The maximum atomic E-state index is 13.0. The number of carbonyl (C=O) groups excluding carboxylic acids is 1. The van der Waals surface area contributed by atoms with Crippen molar-refractivity contribution in [3.8, 4) is 17.6 Å². The van der Waals surface area contributed by atoms with E-state index in [0.29, 0.717) is 17.0 Å². The first-order valence-electron chi connectivity index (χ1n) is 10.2. The number of carbonyl (C=O) groups is 1. The van der Waals surface area contributed by atoms with E-state index in [0.717, 1.165) is 18.3 Å². The monoisotopic (exact) mass is 514 g/mol. The quantitative estimate of drug-likeness (QED) is 0.277. The second-order valence-corrected chi connectivity index (χ2v) is 7.48. The average Bonchev–Trinajstić information content (AvgIpc) is 2.84. The van der Waals surface area contributed by atoms with Crippen LogP contribution in [0.15, 0.2) is 60.9 Å². The van der Waals surface area contributed by atoms with E-state index in [9.17, 15) is 23.2 Å². The minimum Gasteiger partial charge on any atom is -0.456 e. The highest BCUT2D eigenvalue weighted by Crippen LogP contribution is 2.36. The molecule has 12 heteroatoms. The zero-order valence-corrected chi connectivity index (χ0v) is 19.3. The van der Waals surface area contributed by atoms with Crippen molar-refractivity contribution in [3.05, 3.63) is 82.8 Å². The molecule has 1 aromatic heterocycles. The summed E-state index contributed by atoms with van der Waals surface area (Å²) in [5.74, 6) is 0.559. The third-order valence-corrected chi connectivity index (χ3v) is 4.95. The number of pyridine rings is 1. The van der Waals surface area contributed by atoms with E-state index in [1.54, 1.807) is 7.05 Å². The first-order chi connectivity index (χ1) is 17.2. The summed E-state index contributed by atoms with van der Waals surface area (Å²) in [5, 5.41) is 24.3. The van der Waals surface area contributed by atoms with Gasteiger partial charge in [-0.1, -0.05) is 11.6 Å². The van der Waals surface area contributed by atoms with Gasteiger partial charge in [0.25, 0.3) is 0 Å². The molecule has 0 radical (unpaired) electrons. The van der Waals surface area contributed by atoms with Gasteiger partial charge >= 0.3 is 12.2 Å². The molecule has 4 N–H and O–H groups in total. The van der Waals surface area contributed by atoms with Gasteiger partial charge in [0.2, 0.25) is 0 Å². The normalized spacial score (nSPS) is 11.3. The topological polar surface area (TPSA) is 123 Å². The van der Waals surface area contributed by atoms with E-state index >= 15 is 0 Å². The van der Waals surface area contributed by atoms with E-state index in [2.05, 4.69) is 20.9 Å². The molecule has 0 aliphatic rings. The number of amides is 2. The Morgan fingerprint density at radius 1 is 1.14 bits per heavy atom. The Balaban J connectivity index is 1.71. The summed E-state index contributed by atoms with van der Waals surface area (Å²) in [7, 11) is 1.65. The molecule has 2 aromatic carbocycles. The first kappa shape index (κ1) is 26.1. The van der Waals surface area contributed by atoms with Crippen molar-refractivity contribution in [2.24, 2.45) is 0 Å². The van der Waals surface area contributed by atoms with Crippen LogP contribution in [-0.4, -0.2) is 24.3 Å². The van der Waals surface area contributed by atoms with Gasteiger partial charge in [-0.2, -0.15) is 18.4 Å². The Bertz CT molecular complexity index is 1350. The number of nitrogens with zero attached hydrogens (tertiary/aromatic N) is 2. The second-order valence-electron chi connectivity index (χ2n) is 7.08. The number of aromatic nitrogens is 1. The van der Waals surface area contributed by atoms with E-state index in [4.69, 9.17) is 21.7 Å². The number of nitrogens with one attached hydrogen (secondary N) is 4. The number of alkyl halides is 3. The smallest absolute Gasteiger partial charge is 0.417 e. The summed E-state index contributed by atoms with van der Waals surface area (Å²) < 4.78 is 44.8. The summed E-state index contributed by atoms with van der Waals surface area (Å²) in [6.45, 7) is 0. The van der Waals surface area contributed by atoms with Crippen LogP contribution in [0.1, 0.15) is 16.8 Å². The molecule has 0 saturated carbocycles. The van der Waals surface area contributed by atoms with Crippen LogP contribution in [0.25, 0.3) is 5.57 Å². The lowest BCUT2D eigenvalue weighted by atomic mass is 10.1. The third kappa shape index (κ3) is 6.31. The number of hydrogen-bond acceptors (Lipinski definition) is 6. The van der Waals surface area contributed by atoms with Crippen molar-refractivity contribution in [2.75, 3.05) is 17.7 Å². The molecule has 0 spiro atoms. The molecule has 3 aromatic rings. The van der Waals surface area contributed by atoms with Crippen LogP contribution >= 0.6 is 11.6 Å². The first-order valence-corrected chi connectivity index (χ1v) is 10.5. The molecular weight excluding hydrogens is 497 g/mol. The number of hydrogen-bond donors (Lipinski definition) is 4. The number of nitriles is 1. The number of anilines is 2. The summed E-state index contributed by atoms with van der Waals surface area (Å²) in [5.41, 5.74) is -0.0284. The number of benzene rings is 2. The Hall–Kier alpha value is -4.56. The summed E-state index contributed by atoms with van der Waals surface area (Å²) >= 11 is 5.59. The van der Waals surface area contributed by atoms with Gasteiger partial charge < -0.3 is 26.1 Å². The lowest BCUT2D eigenvalue weighted by Gasteiger charge is -2.13. The molecule has 0 fully saturated rings. The second kappa shape index (κ2) is 11.2. The van der Waals surface area contributed by atoms with Crippen LogP contribution in [0.2, 0.25) is 5.02 Å². The Morgan fingerprint density at radius 3 is 2.42 bits per heavy atom. The standard InChI is InChI=1S/C24H18ClF3N6O2/c1-31-13-14(11-29)22-18(12-30)21(8-9-32-22)36-17-5-2-15(3-6-17)33-23(35)34-16-4-7-20(25)19(10-16)24(26,27)28/h2-11,13,29,31H,1H3,(H2,33,34,35)/b14-13+,29-11?. The molecule has 8 nitrogen and oxygen atoms in total. The molecular formula is C24H18ClF3N6O2. The highest BCUT2D eigenvalue weighted by atomic mass is 35.5. The van der Waals surface area contributed by atoms with Crippen LogP contribution in [-0.2, 0) is 6.18 Å². The molecule has 36 heavy (non-hydrogen) atoms. The fourth-order valence-corrected chi connectivity index (χ4v) is 3.26. The lowest BCUT2D eigenvalue weighted by Crippen LogP contribution is -2.19. The fourth-order valence-electron chi connectivity index (χ4n) is 3.04. The van der Waals surface area contributed by atoms with Gasteiger partial charge in [0.05, 0.1) is 16.3 Å². The van der Waals surface area contributed by atoms with Crippen molar-refractivity contribution in [2.45, 2.75) is 6.18 Å². The zero-order valence-electron chi connectivity index (χ0n) is 18.6. The van der Waals surface area contributed by atoms with Crippen LogP contribution in [0.3, 0.4) is 0 Å². The minimum atomic E-state index is -4.66. The number of allylic oxidation sites excluding steroid dienone is 1. The number of urea groups is 1. The SMILES string of the molecule is CN/C=C(\C=N)c1nccc(Oc2ccc(NC(=O)Nc3ccc(Cl)c(C(F)(F)F)c3)cc2)c1C#N. The van der Waals surface area contributed by atoms with Gasteiger partial charge in [0, 0.05) is 48.7 Å². The van der Waals surface area contributed by atoms with Crippen LogP contribution in [0.4, 0.5) is 29.3 Å². The van der Waals surface area contributed by atoms with E-state index in [1.165, 1.54) is 48.8 Å². The lowest BCUT2D eigenvalue weighted by molar-refractivity contribution is -0.137. The molecule has 3 rings (SSSR count). The molecule has 184 valence electrons. The molecule has 2 amide bonds. The van der Waals surface area contributed by atoms with Gasteiger partial charge in [-0.25, -0.2) is 4.79 Å². The Labute approximate surface area is 208 Å². The summed E-state index contributed by atoms with van der Waals surface area (Å²) in [6, 6.07) is 11.9. The Morgan fingerprint density at radius 2 is 1.81 bits per heavy atom. The fraction of sp³-hybridized carbons (Fsp3) is 0.0833. The van der Waals surface area contributed by atoms with Gasteiger partial charge in [0.1, 0.15) is 23.1 Å². The largest absolute Gasteiger partial charge is 0.456 e. The van der Waals surface area contributed by atoms with Crippen LogP contribution in [0, 0.1) is 16.7 Å². The van der Waals surface area contributed by atoms with Gasteiger partial charge in [0.15, 0.2) is 0 Å². The number of ether oxygens (including phenoxy) is 1. The zero-order chi connectivity index (χ0) is 26.3. The minimum absolute atomic E-state index is 0.0849. The Kier molecular flexibility index (Phi) is 8.14. The summed E-state index contributed by atoms with van der Waals surface area (Å²) in [4.78, 5) is 16.4.